The summed E-state index contributed by atoms with van der Waals surface area (Å²) in [6, 6.07) is 4.33. The minimum Gasteiger partial charge on any atom is -0.489 e. The zero-order chi connectivity index (χ0) is 10.5. The lowest BCUT2D eigenvalue weighted by atomic mass is 9.92. The predicted molar refractivity (Wildman–Crippen MR) is 60.0 cm³/mol. The van der Waals surface area contributed by atoms with Gasteiger partial charge >= 0.3 is 0 Å². The quantitative estimate of drug-likeness (QED) is 0.821. The molecule has 1 saturated carbocycles. The van der Waals surface area contributed by atoms with Gasteiger partial charge < -0.3 is 10.1 Å². The van der Waals surface area contributed by atoms with Crippen LogP contribution in [-0.4, -0.2) is 24.2 Å². The van der Waals surface area contributed by atoms with E-state index in [0.717, 1.165) is 12.2 Å². The monoisotopic (exact) mass is 206 g/mol. The van der Waals surface area contributed by atoms with Crippen LogP contribution >= 0.6 is 0 Å². The molecule has 3 heteroatoms. The van der Waals surface area contributed by atoms with Crippen LogP contribution in [0.4, 0.5) is 0 Å². The van der Waals surface area contributed by atoms with Crippen LogP contribution in [0.1, 0.15) is 25.7 Å². The Morgan fingerprint density at radius 3 is 2.73 bits per heavy atom. The second-order valence-corrected chi connectivity index (χ2v) is 4.02. The number of nitrogens with one attached hydrogen (secondary N) is 1. The van der Waals surface area contributed by atoms with Gasteiger partial charge in [-0.25, -0.2) is 0 Å². The molecule has 1 aromatic rings. The average molecular weight is 206 g/mol. The Hall–Kier alpha value is -1.09. The van der Waals surface area contributed by atoms with Crippen molar-refractivity contribution in [3.63, 3.8) is 0 Å². The van der Waals surface area contributed by atoms with Crippen molar-refractivity contribution >= 4 is 0 Å². The molecule has 0 saturated heterocycles. The Bertz CT molecular complexity index is 289. The highest BCUT2D eigenvalue weighted by atomic mass is 16.5. The molecule has 3 nitrogen and oxygen atoms in total. The van der Waals surface area contributed by atoms with Crippen molar-refractivity contribution in [3.05, 3.63) is 24.5 Å². The van der Waals surface area contributed by atoms with Gasteiger partial charge in [-0.15, -0.1) is 0 Å². The standard InChI is InChI=1S/C12H18N2O/c1-13-11-4-2-3-5-12(11)15-10-6-8-14-9-7-10/h6-9,11-13H,2-5H2,1H3. The van der Waals surface area contributed by atoms with E-state index in [4.69, 9.17) is 4.74 Å². The molecular formula is C12H18N2O. The summed E-state index contributed by atoms with van der Waals surface area (Å²) >= 11 is 0. The van der Waals surface area contributed by atoms with Crippen LogP contribution in [0.5, 0.6) is 5.75 Å². The van der Waals surface area contributed by atoms with Crippen molar-refractivity contribution in [2.24, 2.45) is 0 Å². The van der Waals surface area contributed by atoms with Gasteiger partial charge in [0.15, 0.2) is 0 Å². The van der Waals surface area contributed by atoms with Gasteiger partial charge in [0, 0.05) is 18.4 Å². The van der Waals surface area contributed by atoms with Gasteiger partial charge in [-0.1, -0.05) is 6.42 Å². The van der Waals surface area contributed by atoms with Crippen LogP contribution in [0.2, 0.25) is 0 Å². The zero-order valence-electron chi connectivity index (χ0n) is 9.15. The molecule has 2 unspecified atom stereocenters. The second kappa shape index (κ2) is 5.12. The lowest BCUT2D eigenvalue weighted by molar-refractivity contribution is 0.118. The Kier molecular flexibility index (Phi) is 3.56. The fraction of sp³-hybridized carbons (Fsp3) is 0.583. The lowest BCUT2D eigenvalue weighted by Gasteiger charge is -2.31. The summed E-state index contributed by atoms with van der Waals surface area (Å²) in [7, 11) is 2.01. The van der Waals surface area contributed by atoms with Gasteiger partial charge in [0.2, 0.25) is 0 Å². The fourth-order valence-electron chi connectivity index (χ4n) is 2.16. The third-order valence-electron chi connectivity index (χ3n) is 3.01. The summed E-state index contributed by atoms with van der Waals surface area (Å²) in [6.45, 7) is 0. The zero-order valence-corrected chi connectivity index (χ0v) is 9.15. The molecule has 0 radical (unpaired) electrons. The Morgan fingerprint density at radius 2 is 2.00 bits per heavy atom. The molecule has 1 aliphatic rings. The summed E-state index contributed by atoms with van der Waals surface area (Å²) < 4.78 is 5.96. The number of nitrogens with zero attached hydrogens (tertiary/aromatic N) is 1. The van der Waals surface area contributed by atoms with Gasteiger partial charge in [0.05, 0.1) is 0 Å². The number of pyridine rings is 1. The fourth-order valence-corrected chi connectivity index (χ4v) is 2.16. The van der Waals surface area contributed by atoms with E-state index < -0.39 is 0 Å². The lowest BCUT2D eigenvalue weighted by Crippen LogP contribution is -2.43. The van der Waals surface area contributed by atoms with Crippen LogP contribution in [-0.2, 0) is 0 Å². The van der Waals surface area contributed by atoms with Gasteiger partial charge in [-0.05, 0) is 38.4 Å². The smallest absolute Gasteiger partial charge is 0.122 e. The van der Waals surface area contributed by atoms with Crippen molar-refractivity contribution in [1.29, 1.82) is 0 Å². The molecule has 82 valence electrons. The van der Waals surface area contributed by atoms with Gasteiger partial charge in [0.1, 0.15) is 11.9 Å². The number of hydrogen-bond donors (Lipinski definition) is 1. The summed E-state index contributed by atoms with van der Waals surface area (Å²) in [5, 5.41) is 3.33. The molecule has 0 spiro atoms. The Balaban J connectivity index is 1.97. The molecule has 1 heterocycles. The molecule has 1 aliphatic carbocycles. The second-order valence-electron chi connectivity index (χ2n) is 4.02. The Morgan fingerprint density at radius 1 is 1.27 bits per heavy atom. The van der Waals surface area contributed by atoms with Crippen LogP contribution < -0.4 is 10.1 Å². The number of aromatic nitrogens is 1. The molecule has 0 aliphatic heterocycles. The van der Waals surface area contributed by atoms with E-state index in [1.54, 1.807) is 12.4 Å². The topological polar surface area (TPSA) is 34.1 Å². The maximum Gasteiger partial charge on any atom is 0.122 e. The summed E-state index contributed by atoms with van der Waals surface area (Å²) in [4.78, 5) is 3.98. The van der Waals surface area contributed by atoms with E-state index in [1.165, 1.54) is 19.3 Å². The van der Waals surface area contributed by atoms with E-state index in [9.17, 15) is 0 Å². The molecule has 1 N–H and O–H groups in total. The largest absolute Gasteiger partial charge is 0.489 e. The average Bonchev–Trinajstić information content (AvgIpc) is 2.31. The number of rotatable bonds is 3. The molecule has 0 bridgehead atoms. The summed E-state index contributed by atoms with van der Waals surface area (Å²) in [6.07, 6.45) is 8.79. The van der Waals surface area contributed by atoms with E-state index >= 15 is 0 Å². The highest BCUT2D eigenvalue weighted by molar-refractivity contribution is 5.17. The number of likely N-dealkylation sites (N-methyl/N-ethyl adjacent to an activating group) is 1. The maximum absolute atomic E-state index is 5.96. The highest BCUT2D eigenvalue weighted by Gasteiger charge is 2.25. The third kappa shape index (κ3) is 2.69. The van der Waals surface area contributed by atoms with Crippen molar-refractivity contribution < 1.29 is 4.74 Å². The van der Waals surface area contributed by atoms with Crippen molar-refractivity contribution in [3.8, 4) is 5.75 Å². The van der Waals surface area contributed by atoms with Gasteiger partial charge in [-0.3, -0.25) is 4.98 Å². The van der Waals surface area contributed by atoms with Crippen LogP contribution in [0.25, 0.3) is 0 Å². The van der Waals surface area contributed by atoms with Crippen molar-refractivity contribution in [2.45, 2.75) is 37.8 Å². The van der Waals surface area contributed by atoms with Crippen LogP contribution in [0.15, 0.2) is 24.5 Å². The van der Waals surface area contributed by atoms with Crippen LogP contribution in [0.3, 0.4) is 0 Å². The van der Waals surface area contributed by atoms with Gasteiger partial charge in [-0.2, -0.15) is 0 Å². The molecule has 15 heavy (non-hydrogen) atoms. The maximum atomic E-state index is 5.96. The predicted octanol–water partition coefficient (Wildman–Crippen LogP) is 1.99. The normalized spacial score (nSPS) is 26.2. The van der Waals surface area contributed by atoms with Crippen molar-refractivity contribution in [2.75, 3.05) is 7.05 Å². The van der Waals surface area contributed by atoms with Crippen LogP contribution in [0, 0.1) is 0 Å². The first-order valence-electron chi connectivity index (χ1n) is 5.64. The van der Waals surface area contributed by atoms with E-state index in [0.29, 0.717) is 12.1 Å². The molecular weight excluding hydrogens is 188 g/mol. The minimum absolute atomic E-state index is 0.311. The molecule has 2 atom stereocenters. The molecule has 1 fully saturated rings. The number of ether oxygens (including phenoxy) is 1. The highest BCUT2D eigenvalue weighted by Crippen LogP contribution is 2.23. The molecule has 0 amide bonds. The van der Waals surface area contributed by atoms with Gasteiger partial charge in [0.25, 0.3) is 0 Å². The SMILES string of the molecule is CNC1CCCCC1Oc1ccncc1. The molecule has 0 aromatic carbocycles. The van der Waals surface area contributed by atoms with E-state index in [2.05, 4.69) is 10.3 Å². The van der Waals surface area contributed by atoms with E-state index in [1.807, 2.05) is 19.2 Å². The summed E-state index contributed by atoms with van der Waals surface area (Å²) in [5.74, 6) is 0.928. The first-order chi connectivity index (χ1) is 7.40. The van der Waals surface area contributed by atoms with E-state index in [-0.39, 0.29) is 0 Å². The first-order valence-corrected chi connectivity index (χ1v) is 5.64. The first kappa shape index (κ1) is 10.4. The summed E-state index contributed by atoms with van der Waals surface area (Å²) in [5.41, 5.74) is 0. The Labute approximate surface area is 90.9 Å². The number of hydrogen-bond acceptors (Lipinski definition) is 3. The molecule has 2 rings (SSSR count). The minimum atomic E-state index is 0.311. The van der Waals surface area contributed by atoms with Crippen molar-refractivity contribution in [1.82, 2.24) is 10.3 Å². The third-order valence-corrected chi connectivity index (χ3v) is 3.01. The molecule has 1 aromatic heterocycles.